The van der Waals surface area contributed by atoms with E-state index in [0.29, 0.717) is 0 Å². The van der Waals surface area contributed by atoms with Crippen LogP contribution in [0, 0.1) is 11.3 Å². The van der Waals surface area contributed by atoms with E-state index in [2.05, 4.69) is 18.2 Å². The predicted octanol–water partition coefficient (Wildman–Crippen LogP) is 2.80. The van der Waals surface area contributed by atoms with Crippen LogP contribution >= 0.6 is 11.8 Å². The van der Waals surface area contributed by atoms with Crippen molar-refractivity contribution in [2.24, 2.45) is 5.73 Å². The van der Waals surface area contributed by atoms with Crippen molar-refractivity contribution in [3.05, 3.63) is 30.3 Å². The van der Waals surface area contributed by atoms with E-state index in [9.17, 15) is 0 Å². The third-order valence-corrected chi connectivity index (χ3v) is 3.21. The molecule has 0 heterocycles. The van der Waals surface area contributed by atoms with Crippen molar-refractivity contribution in [1.82, 2.24) is 0 Å². The highest BCUT2D eigenvalue weighted by Gasteiger charge is 2.15. The Balaban J connectivity index is 2.21. The van der Waals surface area contributed by atoms with Gasteiger partial charge in [-0.25, -0.2) is 0 Å². The van der Waals surface area contributed by atoms with E-state index in [4.69, 9.17) is 11.0 Å². The van der Waals surface area contributed by atoms with Crippen LogP contribution in [0.1, 0.15) is 19.8 Å². The maximum atomic E-state index is 8.73. The summed E-state index contributed by atoms with van der Waals surface area (Å²) in [6, 6.07) is 12.4. The van der Waals surface area contributed by atoms with Gasteiger partial charge in [-0.1, -0.05) is 18.2 Å². The molecule has 1 atom stereocenters. The summed E-state index contributed by atoms with van der Waals surface area (Å²) < 4.78 is 0. The van der Waals surface area contributed by atoms with Crippen molar-refractivity contribution < 1.29 is 0 Å². The Hall–Kier alpha value is -0.980. The first-order valence-corrected chi connectivity index (χ1v) is 6.00. The van der Waals surface area contributed by atoms with Crippen LogP contribution in [0.3, 0.4) is 0 Å². The molecular weight excluding hydrogens is 204 g/mol. The van der Waals surface area contributed by atoms with E-state index in [1.54, 1.807) is 18.7 Å². The number of nitrogens with two attached hydrogens (primary N) is 1. The van der Waals surface area contributed by atoms with Crippen LogP contribution in [0.5, 0.6) is 0 Å². The number of benzene rings is 1. The molecule has 1 unspecified atom stereocenters. The van der Waals surface area contributed by atoms with Gasteiger partial charge in [0.05, 0.1) is 6.07 Å². The van der Waals surface area contributed by atoms with Crippen LogP contribution in [0.4, 0.5) is 0 Å². The van der Waals surface area contributed by atoms with Crippen LogP contribution in [-0.2, 0) is 0 Å². The summed E-state index contributed by atoms with van der Waals surface area (Å²) in [4.78, 5) is 1.27. The molecule has 0 bridgehead atoms. The molecule has 0 fully saturated rings. The molecule has 0 amide bonds. The zero-order chi connectivity index (χ0) is 11.1. The molecular formula is C12H16N2S. The molecule has 0 radical (unpaired) electrons. The topological polar surface area (TPSA) is 49.8 Å². The highest BCUT2D eigenvalue weighted by molar-refractivity contribution is 7.99. The summed E-state index contributed by atoms with van der Waals surface area (Å²) in [5.41, 5.74) is 5.06. The van der Waals surface area contributed by atoms with Gasteiger partial charge in [0.25, 0.3) is 0 Å². The van der Waals surface area contributed by atoms with Crippen molar-refractivity contribution in [1.29, 1.82) is 5.26 Å². The molecule has 15 heavy (non-hydrogen) atoms. The van der Waals surface area contributed by atoms with E-state index in [-0.39, 0.29) is 0 Å². The average Bonchev–Trinajstić information content (AvgIpc) is 2.26. The van der Waals surface area contributed by atoms with Crippen LogP contribution in [0.25, 0.3) is 0 Å². The first kappa shape index (κ1) is 12.1. The van der Waals surface area contributed by atoms with Gasteiger partial charge in [0.15, 0.2) is 0 Å². The van der Waals surface area contributed by atoms with Crippen molar-refractivity contribution in [3.8, 4) is 6.07 Å². The largest absolute Gasteiger partial charge is 0.314 e. The summed E-state index contributed by atoms with van der Waals surface area (Å²) in [5.74, 6) is 1.01. The highest BCUT2D eigenvalue weighted by atomic mass is 32.2. The van der Waals surface area contributed by atoms with Gasteiger partial charge >= 0.3 is 0 Å². The fourth-order valence-corrected chi connectivity index (χ4v) is 2.08. The molecule has 0 aromatic heterocycles. The molecule has 3 heteroatoms. The first-order valence-electron chi connectivity index (χ1n) is 5.02. The molecule has 0 saturated carbocycles. The molecule has 0 aliphatic rings. The molecule has 0 aliphatic heterocycles. The number of nitriles is 1. The Morgan fingerprint density at radius 1 is 1.40 bits per heavy atom. The molecule has 1 aromatic rings. The number of thioether (sulfide) groups is 1. The minimum atomic E-state index is -0.669. The molecule has 1 aromatic carbocycles. The van der Waals surface area contributed by atoms with Gasteiger partial charge < -0.3 is 5.73 Å². The number of hydrogen-bond donors (Lipinski definition) is 1. The fraction of sp³-hybridized carbons (Fsp3) is 0.417. The Kier molecular flexibility index (Phi) is 4.67. The van der Waals surface area contributed by atoms with E-state index in [0.717, 1.165) is 18.6 Å². The monoisotopic (exact) mass is 220 g/mol. The Morgan fingerprint density at radius 2 is 2.07 bits per heavy atom. The molecule has 2 N–H and O–H groups in total. The van der Waals surface area contributed by atoms with Crippen LogP contribution in [-0.4, -0.2) is 11.3 Å². The SMILES string of the molecule is CC(N)(C#N)CCCSc1ccccc1. The predicted molar refractivity (Wildman–Crippen MR) is 64.6 cm³/mol. The lowest BCUT2D eigenvalue weighted by atomic mass is 10.0. The van der Waals surface area contributed by atoms with Gasteiger partial charge in [0.1, 0.15) is 5.54 Å². The van der Waals surface area contributed by atoms with Crippen molar-refractivity contribution in [2.75, 3.05) is 5.75 Å². The summed E-state index contributed by atoms with van der Waals surface area (Å²) in [6.45, 7) is 1.78. The van der Waals surface area contributed by atoms with E-state index in [1.165, 1.54) is 4.90 Å². The lowest BCUT2D eigenvalue weighted by Gasteiger charge is -2.14. The van der Waals surface area contributed by atoms with E-state index < -0.39 is 5.54 Å². The normalized spacial score (nSPS) is 14.2. The minimum Gasteiger partial charge on any atom is -0.314 e. The second kappa shape index (κ2) is 5.79. The van der Waals surface area contributed by atoms with Crippen molar-refractivity contribution >= 4 is 11.8 Å². The average molecular weight is 220 g/mol. The van der Waals surface area contributed by atoms with E-state index >= 15 is 0 Å². The lowest BCUT2D eigenvalue weighted by Crippen LogP contribution is -2.33. The van der Waals surface area contributed by atoms with Gasteiger partial charge in [0, 0.05) is 4.90 Å². The molecule has 80 valence electrons. The number of rotatable bonds is 5. The number of hydrogen-bond acceptors (Lipinski definition) is 3. The second-order valence-electron chi connectivity index (χ2n) is 3.79. The summed E-state index contributed by atoms with van der Waals surface area (Å²) >= 11 is 1.81. The van der Waals surface area contributed by atoms with Gasteiger partial charge in [-0.05, 0) is 37.7 Å². The smallest absolute Gasteiger partial charge is 0.101 e. The third kappa shape index (κ3) is 4.87. The van der Waals surface area contributed by atoms with Crippen LogP contribution in [0.15, 0.2) is 35.2 Å². The maximum absolute atomic E-state index is 8.73. The van der Waals surface area contributed by atoms with Gasteiger partial charge in [-0.3, -0.25) is 0 Å². The summed E-state index contributed by atoms with van der Waals surface area (Å²) in [5, 5.41) is 8.73. The summed E-state index contributed by atoms with van der Waals surface area (Å²) in [6.07, 6.45) is 1.73. The molecule has 2 nitrogen and oxygen atoms in total. The van der Waals surface area contributed by atoms with Gasteiger partial charge in [-0.2, -0.15) is 5.26 Å². The molecule has 0 saturated heterocycles. The zero-order valence-electron chi connectivity index (χ0n) is 8.94. The molecule has 0 aliphatic carbocycles. The van der Waals surface area contributed by atoms with Crippen molar-refractivity contribution in [2.45, 2.75) is 30.2 Å². The Labute approximate surface area is 95.5 Å². The van der Waals surface area contributed by atoms with Crippen LogP contribution < -0.4 is 5.73 Å². The number of nitrogens with zero attached hydrogens (tertiary/aromatic N) is 1. The first-order chi connectivity index (χ1) is 7.14. The Morgan fingerprint density at radius 3 is 2.67 bits per heavy atom. The van der Waals surface area contributed by atoms with Gasteiger partial charge in [0.2, 0.25) is 0 Å². The fourth-order valence-electron chi connectivity index (χ4n) is 1.20. The van der Waals surface area contributed by atoms with E-state index in [1.807, 2.05) is 18.2 Å². The standard InChI is InChI=1S/C12H16N2S/c1-12(14,10-13)8-5-9-15-11-6-3-2-4-7-11/h2-4,6-7H,5,8-9,14H2,1H3. The molecule has 1 rings (SSSR count). The van der Waals surface area contributed by atoms with Gasteiger partial charge in [-0.15, -0.1) is 11.8 Å². The molecule has 0 spiro atoms. The third-order valence-electron chi connectivity index (χ3n) is 2.11. The minimum absolute atomic E-state index is 0.669. The second-order valence-corrected chi connectivity index (χ2v) is 4.96. The highest BCUT2D eigenvalue weighted by Crippen LogP contribution is 2.19. The maximum Gasteiger partial charge on any atom is 0.101 e. The van der Waals surface area contributed by atoms with Crippen molar-refractivity contribution in [3.63, 3.8) is 0 Å². The Bertz CT molecular complexity index is 327. The summed E-state index contributed by atoms with van der Waals surface area (Å²) in [7, 11) is 0. The van der Waals surface area contributed by atoms with Crippen LogP contribution in [0.2, 0.25) is 0 Å². The zero-order valence-corrected chi connectivity index (χ0v) is 9.76. The lowest BCUT2D eigenvalue weighted by molar-refractivity contribution is 0.540. The quantitative estimate of drug-likeness (QED) is 0.613.